The number of fused-ring (bicyclic) bond motifs is 3. The lowest BCUT2D eigenvalue weighted by Gasteiger charge is -2.29. The molecule has 0 spiro atoms. The van der Waals surface area contributed by atoms with E-state index in [1.807, 2.05) is 66.7 Å². The third kappa shape index (κ3) is 14.9. The molecule has 61 heavy (non-hydrogen) atoms. The smallest absolute Gasteiger partial charge is 0.243 e. The third-order valence-corrected chi connectivity index (χ3v) is 9.82. The summed E-state index contributed by atoms with van der Waals surface area (Å²) in [7, 11) is 0. The molecule has 1 fully saturated rings. The quantitative estimate of drug-likeness (QED) is 0.0581. The van der Waals surface area contributed by atoms with Crippen LogP contribution in [-0.2, 0) is 41.6 Å². The van der Waals surface area contributed by atoms with Crippen LogP contribution in [0.3, 0.4) is 0 Å². The second-order valence-electron chi connectivity index (χ2n) is 14.6. The average Bonchev–Trinajstić information content (AvgIpc) is 3.25. The largest absolute Gasteiger partial charge is 0.444 e. The maximum Gasteiger partial charge on any atom is 0.243 e. The summed E-state index contributed by atoms with van der Waals surface area (Å²) in [5.41, 5.74) is 23.7. The minimum absolute atomic E-state index is 0.111. The zero-order chi connectivity index (χ0) is 43.6. The summed E-state index contributed by atoms with van der Waals surface area (Å²) in [4.78, 5) is 79.9. The number of rotatable bonds is 12. The molecule has 0 saturated carbocycles. The summed E-state index contributed by atoms with van der Waals surface area (Å²) >= 11 is 0. The van der Waals surface area contributed by atoms with Crippen LogP contribution >= 0.6 is 0 Å². The molecule has 1 saturated heterocycles. The van der Waals surface area contributed by atoms with Gasteiger partial charge in [-0.3, -0.25) is 39.3 Å². The predicted molar refractivity (Wildman–Crippen MR) is 233 cm³/mol. The molecular formula is C42H55N13O6. The first-order valence-corrected chi connectivity index (χ1v) is 20.1. The van der Waals surface area contributed by atoms with Crippen LogP contribution in [0.15, 0.2) is 99.6 Å². The number of nitrogens with one attached hydrogen (secondary N) is 6. The van der Waals surface area contributed by atoms with E-state index in [1.165, 1.54) is 0 Å². The van der Waals surface area contributed by atoms with Gasteiger partial charge in [0, 0.05) is 13.1 Å². The summed E-state index contributed by atoms with van der Waals surface area (Å²) in [6.45, 7) is -0.574. The van der Waals surface area contributed by atoms with Gasteiger partial charge in [-0.2, -0.15) is 0 Å². The van der Waals surface area contributed by atoms with Crippen molar-refractivity contribution < 1.29 is 28.7 Å². The second-order valence-corrected chi connectivity index (χ2v) is 14.6. The van der Waals surface area contributed by atoms with Gasteiger partial charge in [0.25, 0.3) is 0 Å². The molecule has 2 aliphatic heterocycles. The van der Waals surface area contributed by atoms with E-state index in [4.69, 9.17) is 32.7 Å². The number of ether oxygens (including phenoxy) is 1. The molecule has 4 unspecified atom stereocenters. The first-order chi connectivity index (χ1) is 29.4. The number of hydrogen-bond acceptors (Lipinski definition) is 10. The Morgan fingerprint density at radius 2 is 1.16 bits per heavy atom. The number of nitrogens with zero attached hydrogens (tertiary/aromatic N) is 3. The Balaban J connectivity index is 1.44. The van der Waals surface area contributed by atoms with Crippen LogP contribution < -0.4 is 54.8 Å². The van der Waals surface area contributed by atoms with E-state index in [9.17, 15) is 24.0 Å². The van der Waals surface area contributed by atoms with Crippen molar-refractivity contribution in [2.75, 3.05) is 39.3 Å². The summed E-state index contributed by atoms with van der Waals surface area (Å²) in [5.74, 6) is -2.52. The Morgan fingerprint density at radius 3 is 1.77 bits per heavy atom. The first-order valence-electron chi connectivity index (χ1n) is 20.1. The number of hydrogen-bond donors (Lipinski definition) is 10. The highest BCUT2D eigenvalue weighted by Crippen LogP contribution is 2.21. The number of aliphatic imine (C=N–C) groups is 3. The molecule has 3 aromatic carbocycles. The first kappa shape index (κ1) is 45.1. The SMILES string of the molecule is NC(N)=NCCCC1NC(=O)CNC(=O)C(CCCN=C(N)N)NC(=O)CNC(Cc2ccc3ccccc3c2)C2=NCC=C(O2)C(Cc2ccccc2)NC(=O)CNC1=O. The number of nitrogens with two attached hydrogens (primary N) is 4. The molecule has 14 N–H and O–H groups in total. The third-order valence-electron chi connectivity index (χ3n) is 9.82. The summed E-state index contributed by atoms with van der Waals surface area (Å²) < 4.78 is 6.51. The molecule has 5 amide bonds. The molecule has 3 aromatic rings. The van der Waals surface area contributed by atoms with Gasteiger partial charge in [-0.05, 0) is 66.5 Å². The summed E-state index contributed by atoms with van der Waals surface area (Å²) in [5, 5.41) is 18.9. The van der Waals surface area contributed by atoms with E-state index in [2.05, 4.69) is 48.0 Å². The Labute approximate surface area is 353 Å². The Bertz CT molecular complexity index is 2130. The lowest BCUT2D eigenvalue weighted by molar-refractivity contribution is -0.132. The molecule has 2 heterocycles. The highest BCUT2D eigenvalue weighted by Gasteiger charge is 2.30. The van der Waals surface area contributed by atoms with Crippen molar-refractivity contribution in [1.82, 2.24) is 31.9 Å². The fourth-order valence-corrected chi connectivity index (χ4v) is 6.81. The van der Waals surface area contributed by atoms with Gasteiger partial charge in [0.2, 0.25) is 35.4 Å². The Kier molecular flexibility index (Phi) is 17.0. The fourth-order valence-electron chi connectivity index (χ4n) is 6.81. The van der Waals surface area contributed by atoms with Crippen LogP contribution in [0.4, 0.5) is 0 Å². The lowest BCUT2D eigenvalue weighted by atomic mass is 10.0. The topological polar surface area (TPSA) is 308 Å². The maximum absolute atomic E-state index is 13.6. The lowest BCUT2D eigenvalue weighted by Crippen LogP contribution is -2.54. The Hall–Kier alpha value is -7.02. The van der Waals surface area contributed by atoms with Gasteiger partial charge in [-0.1, -0.05) is 72.8 Å². The van der Waals surface area contributed by atoms with E-state index in [1.54, 1.807) is 6.08 Å². The summed E-state index contributed by atoms with van der Waals surface area (Å²) in [6, 6.07) is 20.1. The van der Waals surface area contributed by atoms with Crippen LogP contribution in [0, 0.1) is 0 Å². The number of benzene rings is 3. The van der Waals surface area contributed by atoms with Gasteiger partial charge in [0.1, 0.15) is 17.8 Å². The molecule has 324 valence electrons. The molecule has 19 heteroatoms. The Morgan fingerprint density at radius 1 is 0.623 bits per heavy atom. The molecule has 0 radical (unpaired) electrons. The van der Waals surface area contributed by atoms with Crippen molar-refractivity contribution in [3.05, 3.63) is 95.8 Å². The molecule has 2 aliphatic rings. The van der Waals surface area contributed by atoms with Gasteiger partial charge < -0.3 is 54.3 Å². The number of guanidine groups is 2. The number of amides is 5. The van der Waals surface area contributed by atoms with Gasteiger partial charge in [-0.15, -0.1) is 0 Å². The van der Waals surface area contributed by atoms with Crippen molar-refractivity contribution in [2.45, 2.75) is 62.7 Å². The van der Waals surface area contributed by atoms with E-state index in [0.717, 1.165) is 21.9 Å². The minimum Gasteiger partial charge on any atom is -0.444 e. The summed E-state index contributed by atoms with van der Waals surface area (Å²) in [6.07, 6.45) is 3.38. The molecule has 0 aliphatic carbocycles. The van der Waals surface area contributed by atoms with Crippen molar-refractivity contribution in [1.29, 1.82) is 0 Å². The molecule has 5 rings (SSSR count). The van der Waals surface area contributed by atoms with E-state index < -0.39 is 66.8 Å². The predicted octanol–water partition coefficient (Wildman–Crippen LogP) is -1.30. The maximum atomic E-state index is 13.6. The average molecular weight is 838 g/mol. The van der Waals surface area contributed by atoms with Gasteiger partial charge in [0.05, 0.1) is 38.3 Å². The highest BCUT2D eigenvalue weighted by atomic mass is 16.5. The number of carbonyl (C=O) groups excluding carboxylic acids is 5. The number of carbonyl (C=O) groups is 5. The van der Waals surface area contributed by atoms with Crippen LogP contribution in [0.25, 0.3) is 10.8 Å². The highest BCUT2D eigenvalue weighted by molar-refractivity contribution is 5.94. The molecule has 19 nitrogen and oxygen atoms in total. The molecule has 4 atom stereocenters. The zero-order valence-corrected chi connectivity index (χ0v) is 33.9. The van der Waals surface area contributed by atoms with Crippen LogP contribution in [0.5, 0.6) is 0 Å². The van der Waals surface area contributed by atoms with E-state index in [0.29, 0.717) is 37.3 Å². The van der Waals surface area contributed by atoms with Crippen LogP contribution in [0.1, 0.15) is 36.8 Å². The normalized spacial score (nSPS) is 20.8. The standard InChI is InChI=1S/C42H55N13O6/c43-41(44)48-17-6-12-30-38(59)51-24-36(57)54-31(13-7-18-49-42(45)46)39(60)52-25-37(58)55-32(21-26-8-2-1-3-9-26)34-16-19-47-40(61-34)33(50-23-35(56)53-30)22-27-14-15-28-10-4-5-11-29(28)20-27/h1-5,8-11,14-16,20,30-33,50H,6-7,12-13,17-19,21-25H2,(H,51,59)(H,52,60)(H,53,56)(H,54,57)(H,55,58)(H4,43,44,48)(H4,45,46,49). The molecule has 2 bridgehead atoms. The fraction of sp³-hybridized carbons (Fsp3) is 0.381. The second kappa shape index (κ2) is 22.9. The molecule has 0 aromatic heterocycles. The minimum atomic E-state index is -1.11. The monoisotopic (exact) mass is 837 g/mol. The van der Waals surface area contributed by atoms with E-state index in [-0.39, 0.29) is 50.9 Å². The van der Waals surface area contributed by atoms with Crippen molar-refractivity contribution in [2.24, 2.45) is 37.9 Å². The van der Waals surface area contributed by atoms with Gasteiger partial charge >= 0.3 is 0 Å². The molecular weight excluding hydrogens is 783 g/mol. The van der Waals surface area contributed by atoms with Crippen molar-refractivity contribution in [3.8, 4) is 0 Å². The zero-order valence-electron chi connectivity index (χ0n) is 33.9. The van der Waals surface area contributed by atoms with Crippen LogP contribution in [0.2, 0.25) is 0 Å². The van der Waals surface area contributed by atoms with Crippen LogP contribution in [-0.4, -0.2) is 111 Å². The van der Waals surface area contributed by atoms with Crippen molar-refractivity contribution in [3.63, 3.8) is 0 Å². The van der Waals surface area contributed by atoms with E-state index >= 15 is 0 Å². The van der Waals surface area contributed by atoms with Gasteiger partial charge in [-0.25, -0.2) is 4.99 Å². The van der Waals surface area contributed by atoms with Gasteiger partial charge in [0.15, 0.2) is 11.9 Å². The van der Waals surface area contributed by atoms with Crippen molar-refractivity contribution >= 4 is 58.1 Å².